The van der Waals surface area contributed by atoms with Gasteiger partial charge in [0.1, 0.15) is 0 Å². The summed E-state index contributed by atoms with van der Waals surface area (Å²) in [5, 5.41) is 11.2. The number of nitrogens with one attached hydrogen (secondary N) is 1. The summed E-state index contributed by atoms with van der Waals surface area (Å²) >= 11 is 0. The van der Waals surface area contributed by atoms with E-state index < -0.39 is 10.0 Å². The van der Waals surface area contributed by atoms with E-state index in [0.29, 0.717) is 37.7 Å². The predicted octanol–water partition coefficient (Wildman–Crippen LogP) is 2.01. The molecule has 3 aromatic rings. The van der Waals surface area contributed by atoms with Crippen molar-refractivity contribution in [2.75, 3.05) is 36.4 Å². The number of anilines is 2. The first kappa shape index (κ1) is 20.9. The summed E-state index contributed by atoms with van der Waals surface area (Å²) in [7, 11) is -3.60. The Balaban J connectivity index is 1.40. The first-order valence-electron chi connectivity index (χ1n) is 9.80. The van der Waals surface area contributed by atoms with E-state index >= 15 is 0 Å². The number of nitrogens with zero attached hydrogens (tertiary/aromatic N) is 5. The molecule has 1 saturated heterocycles. The number of sulfonamides is 1. The second kappa shape index (κ2) is 8.78. The first-order chi connectivity index (χ1) is 14.9. The van der Waals surface area contributed by atoms with Crippen LogP contribution in [0.2, 0.25) is 0 Å². The smallest absolute Gasteiger partial charge is 0.243 e. The molecule has 0 spiro atoms. The van der Waals surface area contributed by atoms with Crippen molar-refractivity contribution in [3.05, 3.63) is 60.9 Å². The van der Waals surface area contributed by atoms with Crippen molar-refractivity contribution >= 4 is 27.4 Å². The van der Waals surface area contributed by atoms with Crippen LogP contribution in [-0.2, 0) is 14.8 Å². The summed E-state index contributed by atoms with van der Waals surface area (Å²) in [5.74, 6) is 0.507. The standard InChI is InChI=1S/C21H22N6O3S/c1-16(28)23-18-4-6-19(7-5-18)31(29,30)27-13-11-26(12-14-27)21-9-8-20(24-25-21)17-3-2-10-22-15-17/h2-10,15H,11-14H2,1H3,(H,23,28). The third-order valence-electron chi connectivity index (χ3n) is 4.98. The van der Waals surface area contributed by atoms with Gasteiger partial charge >= 0.3 is 0 Å². The van der Waals surface area contributed by atoms with Gasteiger partial charge in [0.15, 0.2) is 5.82 Å². The molecule has 9 nitrogen and oxygen atoms in total. The van der Waals surface area contributed by atoms with Crippen LogP contribution in [-0.4, -0.2) is 60.0 Å². The zero-order valence-electron chi connectivity index (χ0n) is 17.0. The van der Waals surface area contributed by atoms with Gasteiger partial charge in [-0.2, -0.15) is 4.31 Å². The third-order valence-corrected chi connectivity index (χ3v) is 6.90. The molecule has 0 saturated carbocycles. The number of piperazine rings is 1. The summed E-state index contributed by atoms with van der Waals surface area (Å²) in [6.45, 7) is 3.14. The number of pyridine rings is 1. The predicted molar refractivity (Wildman–Crippen MR) is 117 cm³/mol. The summed E-state index contributed by atoms with van der Waals surface area (Å²) in [6, 6.07) is 13.7. The van der Waals surface area contributed by atoms with Gasteiger partial charge in [-0.05, 0) is 48.5 Å². The summed E-state index contributed by atoms with van der Waals surface area (Å²) in [6.07, 6.45) is 3.44. The lowest BCUT2D eigenvalue weighted by atomic mass is 10.2. The molecule has 31 heavy (non-hydrogen) atoms. The van der Waals surface area contributed by atoms with Crippen molar-refractivity contribution in [3.8, 4) is 11.3 Å². The molecule has 160 valence electrons. The highest BCUT2D eigenvalue weighted by Crippen LogP contribution is 2.22. The minimum atomic E-state index is -3.60. The number of hydrogen-bond donors (Lipinski definition) is 1. The first-order valence-corrected chi connectivity index (χ1v) is 11.2. The molecular weight excluding hydrogens is 416 g/mol. The SMILES string of the molecule is CC(=O)Nc1ccc(S(=O)(=O)N2CCN(c3ccc(-c4cccnc4)nn3)CC2)cc1. The van der Waals surface area contributed by atoms with Crippen LogP contribution in [0, 0.1) is 0 Å². The molecule has 1 fully saturated rings. The van der Waals surface area contributed by atoms with Crippen molar-refractivity contribution in [3.63, 3.8) is 0 Å². The molecule has 1 N–H and O–H groups in total. The molecule has 0 atom stereocenters. The number of rotatable bonds is 5. The average Bonchev–Trinajstić information content (AvgIpc) is 2.80. The number of carbonyl (C=O) groups excluding carboxylic acids is 1. The van der Waals surface area contributed by atoms with Gasteiger partial charge < -0.3 is 10.2 Å². The summed E-state index contributed by atoms with van der Waals surface area (Å²) in [5.41, 5.74) is 2.19. The Kier molecular flexibility index (Phi) is 5.92. The number of aromatic nitrogens is 3. The monoisotopic (exact) mass is 438 g/mol. The van der Waals surface area contributed by atoms with Crippen molar-refractivity contribution in [1.82, 2.24) is 19.5 Å². The number of carbonyl (C=O) groups is 1. The van der Waals surface area contributed by atoms with E-state index in [4.69, 9.17) is 0 Å². The highest BCUT2D eigenvalue weighted by atomic mass is 32.2. The fourth-order valence-electron chi connectivity index (χ4n) is 3.38. The number of amides is 1. The average molecular weight is 439 g/mol. The van der Waals surface area contributed by atoms with Gasteiger partial charge in [0.25, 0.3) is 0 Å². The van der Waals surface area contributed by atoms with Gasteiger partial charge in [-0.3, -0.25) is 9.78 Å². The molecule has 10 heteroatoms. The lowest BCUT2D eigenvalue weighted by Gasteiger charge is -2.34. The molecule has 0 unspecified atom stereocenters. The fraction of sp³-hybridized carbons (Fsp3) is 0.238. The van der Waals surface area contributed by atoms with Gasteiger partial charge in [-0.15, -0.1) is 10.2 Å². The van der Waals surface area contributed by atoms with Crippen LogP contribution in [0.4, 0.5) is 11.5 Å². The van der Waals surface area contributed by atoms with Crippen LogP contribution >= 0.6 is 0 Å². The van der Waals surface area contributed by atoms with Gasteiger partial charge in [-0.25, -0.2) is 8.42 Å². The third kappa shape index (κ3) is 4.70. The van der Waals surface area contributed by atoms with Gasteiger partial charge in [0, 0.05) is 56.7 Å². The van der Waals surface area contributed by atoms with Crippen molar-refractivity contribution in [2.24, 2.45) is 0 Å². The van der Waals surface area contributed by atoms with Crippen LogP contribution in [0.5, 0.6) is 0 Å². The second-order valence-electron chi connectivity index (χ2n) is 7.12. The van der Waals surface area contributed by atoms with Gasteiger partial charge in [0.05, 0.1) is 10.6 Å². The van der Waals surface area contributed by atoms with E-state index in [1.165, 1.54) is 23.4 Å². The molecule has 1 aromatic carbocycles. The van der Waals surface area contributed by atoms with Crippen LogP contribution < -0.4 is 10.2 Å². The zero-order valence-corrected chi connectivity index (χ0v) is 17.8. The van der Waals surface area contributed by atoms with E-state index in [9.17, 15) is 13.2 Å². The van der Waals surface area contributed by atoms with E-state index in [-0.39, 0.29) is 10.8 Å². The maximum absolute atomic E-state index is 13.0. The van der Waals surface area contributed by atoms with Crippen molar-refractivity contribution in [1.29, 1.82) is 0 Å². The fourth-order valence-corrected chi connectivity index (χ4v) is 4.80. The lowest BCUT2D eigenvalue weighted by Crippen LogP contribution is -2.49. The Morgan fingerprint density at radius 2 is 1.71 bits per heavy atom. The van der Waals surface area contributed by atoms with E-state index in [0.717, 1.165) is 11.3 Å². The van der Waals surface area contributed by atoms with Crippen molar-refractivity contribution < 1.29 is 13.2 Å². The van der Waals surface area contributed by atoms with Crippen LogP contribution in [0.25, 0.3) is 11.3 Å². The Labute approximate surface area is 180 Å². The van der Waals surface area contributed by atoms with E-state index in [2.05, 4.69) is 20.5 Å². The topological polar surface area (TPSA) is 108 Å². The molecular formula is C21H22N6O3S. The second-order valence-corrected chi connectivity index (χ2v) is 9.05. The molecule has 1 amide bonds. The largest absolute Gasteiger partial charge is 0.352 e. The van der Waals surface area contributed by atoms with Crippen molar-refractivity contribution in [2.45, 2.75) is 11.8 Å². The molecule has 0 aliphatic carbocycles. The Morgan fingerprint density at radius 1 is 0.968 bits per heavy atom. The molecule has 0 radical (unpaired) electrons. The van der Waals surface area contributed by atoms with Crippen LogP contribution in [0.1, 0.15) is 6.92 Å². The Bertz CT molecular complexity index is 1140. The molecule has 0 bridgehead atoms. The molecule has 1 aliphatic rings. The molecule has 2 aromatic heterocycles. The summed E-state index contributed by atoms with van der Waals surface area (Å²) in [4.78, 5) is 17.4. The quantitative estimate of drug-likeness (QED) is 0.649. The number of benzene rings is 1. The van der Waals surface area contributed by atoms with E-state index in [1.807, 2.05) is 29.2 Å². The molecule has 4 rings (SSSR count). The van der Waals surface area contributed by atoms with Crippen LogP contribution in [0.3, 0.4) is 0 Å². The zero-order chi connectivity index (χ0) is 21.8. The maximum Gasteiger partial charge on any atom is 0.243 e. The molecule has 3 heterocycles. The highest BCUT2D eigenvalue weighted by Gasteiger charge is 2.29. The number of hydrogen-bond acceptors (Lipinski definition) is 7. The summed E-state index contributed by atoms with van der Waals surface area (Å²) < 4.78 is 27.4. The van der Waals surface area contributed by atoms with Gasteiger partial charge in [-0.1, -0.05) is 0 Å². The normalized spacial score (nSPS) is 14.9. The minimum absolute atomic E-state index is 0.204. The highest BCUT2D eigenvalue weighted by molar-refractivity contribution is 7.89. The van der Waals surface area contributed by atoms with E-state index in [1.54, 1.807) is 24.5 Å². The Hall–Kier alpha value is -3.37. The Morgan fingerprint density at radius 3 is 2.29 bits per heavy atom. The lowest BCUT2D eigenvalue weighted by molar-refractivity contribution is -0.114. The maximum atomic E-state index is 13.0. The van der Waals surface area contributed by atoms with Crippen LogP contribution in [0.15, 0.2) is 65.8 Å². The molecule has 1 aliphatic heterocycles. The minimum Gasteiger partial charge on any atom is -0.352 e. The van der Waals surface area contributed by atoms with Gasteiger partial charge in [0.2, 0.25) is 15.9 Å².